The van der Waals surface area contributed by atoms with Gasteiger partial charge in [0.05, 0.1) is 13.0 Å². The number of likely N-dealkylation sites (tertiary alicyclic amines) is 1. The second-order valence-corrected chi connectivity index (χ2v) is 6.81. The number of benzene rings is 1. The van der Waals surface area contributed by atoms with Gasteiger partial charge in [-0.05, 0) is 50.9 Å². The fourth-order valence-electron chi connectivity index (χ4n) is 3.96. The summed E-state index contributed by atoms with van der Waals surface area (Å²) in [6, 6.07) is 9.67. The SMILES string of the molecule is O=C(CCOc1ccccc1)NCC1(N2CCCC2)CCCC1. The van der Waals surface area contributed by atoms with E-state index in [1.807, 2.05) is 30.3 Å². The molecule has 0 spiro atoms. The number of para-hydroxylation sites is 1. The highest BCUT2D eigenvalue weighted by molar-refractivity contribution is 5.76. The Morgan fingerprint density at radius 3 is 2.48 bits per heavy atom. The van der Waals surface area contributed by atoms with Crippen LogP contribution < -0.4 is 10.1 Å². The molecule has 1 saturated heterocycles. The molecule has 1 heterocycles. The highest BCUT2D eigenvalue weighted by Gasteiger charge is 2.40. The summed E-state index contributed by atoms with van der Waals surface area (Å²) in [4.78, 5) is 14.8. The van der Waals surface area contributed by atoms with Crippen LogP contribution in [0.4, 0.5) is 0 Å². The van der Waals surface area contributed by atoms with Gasteiger partial charge in [-0.25, -0.2) is 0 Å². The topological polar surface area (TPSA) is 41.6 Å². The summed E-state index contributed by atoms with van der Waals surface area (Å²) in [6.07, 6.45) is 8.08. The minimum absolute atomic E-state index is 0.103. The number of carbonyl (C=O) groups excluding carboxylic acids is 1. The zero-order chi connectivity index (χ0) is 16.0. The van der Waals surface area contributed by atoms with Crippen LogP contribution in [-0.2, 0) is 4.79 Å². The van der Waals surface area contributed by atoms with Gasteiger partial charge in [0.2, 0.25) is 5.91 Å². The molecule has 0 bridgehead atoms. The first kappa shape index (κ1) is 16.3. The zero-order valence-electron chi connectivity index (χ0n) is 13.9. The highest BCUT2D eigenvalue weighted by Crippen LogP contribution is 2.36. The first-order chi connectivity index (χ1) is 11.3. The van der Waals surface area contributed by atoms with Crippen LogP contribution in [0, 0.1) is 0 Å². The summed E-state index contributed by atoms with van der Waals surface area (Å²) in [5.41, 5.74) is 0.229. The molecule has 126 valence electrons. The van der Waals surface area contributed by atoms with Gasteiger partial charge < -0.3 is 10.1 Å². The minimum atomic E-state index is 0.103. The molecule has 1 aliphatic heterocycles. The van der Waals surface area contributed by atoms with Gasteiger partial charge in [0.25, 0.3) is 0 Å². The van der Waals surface area contributed by atoms with Crippen molar-refractivity contribution in [3.05, 3.63) is 30.3 Å². The monoisotopic (exact) mass is 316 g/mol. The Labute approximate surface area is 139 Å². The van der Waals surface area contributed by atoms with E-state index in [-0.39, 0.29) is 11.4 Å². The van der Waals surface area contributed by atoms with Gasteiger partial charge in [0.15, 0.2) is 0 Å². The van der Waals surface area contributed by atoms with Crippen molar-refractivity contribution in [3.8, 4) is 5.75 Å². The number of rotatable bonds is 7. The van der Waals surface area contributed by atoms with Crippen LogP contribution in [-0.4, -0.2) is 42.6 Å². The Bertz CT molecular complexity index is 491. The molecule has 1 saturated carbocycles. The van der Waals surface area contributed by atoms with Crippen molar-refractivity contribution in [2.45, 2.75) is 50.5 Å². The van der Waals surface area contributed by atoms with Gasteiger partial charge in [-0.2, -0.15) is 0 Å². The number of nitrogens with zero attached hydrogens (tertiary/aromatic N) is 1. The number of nitrogens with one attached hydrogen (secondary N) is 1. The van der Waals surface area contributed by atoms with E-state index >= 15 is 0 Å². The number of ether oxygens (including phenoxy) is 1. The Morgan fingerprint density at radius 2 is 1.78 bits per heavy atom. The van der Waals surface area contributed by atoms with Crippen molar-refractivity contribution in [1.82, 2.24) is 10.2 Å². The van der Waals surface area contributed by atoms with Crippen molar-refractivity contribution in [2.24, 2.45) is 0 Å². The molecule has 3 rings (SSSR count). The van der Waals surface area contributed by atoms with E-state index < -0.39 is 0 Å². The third kappa shape index (κ3) is 4.25. The summed E-state index contributed by atoms with van der Waals surface area (Å²) in [6.45, 7) is 3.64. The van der Waals surface area contributed by atoms with E-state index in [2.05, 4.69) is 10.2 Å². The van der Waals surface area contributed by atoms with E-state index in [0.29, 0.717) is 13.0 Å². The second kappa shape index (κ2) is 7.82. The Balaban J connectivity index is 1.42. The third-order valence-corrected chi connectivity index (χ3v) is 5.27. The van der Waals surface area contributed by atoms with Crippen LogP contribution in [0.15, 0.2) is 30.3 Å². The first-order valence-corrected chi connectivity index (χ1v) is 8.98. The summed E-state index contributed by atoms with van der Waals surface area (Å²) >= 11 is 0. The average Bonchev–Trinajstić information content (AvgIpc) is 3.26. The highest BCUT2D eigenvalue weighted by atomic mass is 16.5. The molecule has 1 aromatic rings. The number of amides is 1. The molecule has 0 unspecified atom stereocenters. The number of hydrogen-bond donors (Lipinski definition) is 1. The molecular weight excluding hydrogens is 288 g/mol. The largest absolute Gasteiger partial charge is 0.493 e. The van der Waals surface area contributed by atoms with Crippen LogP contribution in [0.1, 0.15) is 44.9 Å². The van der Waals surface area contributed by atoms with E-state index in [9.17, 15) is 4.79 Å². The molecule has 0 aromatic heterocycles. The van der Waals surface area contributed by atoms with Gasteiger partial charge >= 0.3 is 0 Å². The Hall–Kier alpha value is -1.55. The lowest BCUT2D eigenvalue weighted by Crippen LogP contribution is -2.53. The van der Waals surface area contributed by atoms with Crippen molar-refractivity contribution < 1.29 is 9.53 Å². The maximum absolute atomic E-state index is 12.1. The van der Waals surface area contributed by atoms with Crippen LogP contribution in [0.2, 0.25) is 0 Å². The Kier molecular flexibility index (Phi) is 5.55. The molecule has 0 atom stereocenters. The van der Waals surface area contributed by atoms with Crippen molar-refractivity contribution in [1.29, 1.82) is 0 Å². The standard InChI is InChI=1S/C19H28N2O2/c22-18(10-15-23-17-8-2-1-3-9-17)20-16-19(11-4-5-12-19)21-13-6-7-14-21/h1-3,8-9H,4-7,10-16H2,(H,20,22). The van der Waals surface area contributed by atoms with Crippen LogP contribution >= 0.6 is 0 Å². The minimum Gasteiger partial charge on any atom is -0.493 e. The summed E-state index contributed by atoms with van der Waals surface area (Å²) < 4.78 is 5.60. The average molecular weight is 316 g/mol. The second-order valence-electron chi connectivity index (χ2n) is 6.81. The normalized spacial score (nSPS) is 20.5. The quantitative estimate of drug-likeness (QED) is 0.841. The van der Waals surface area contributed by atoms with E-state index in [1.54, 1.807) is 0 Å². The number of carbonyl (C=O) groups is 1. The fourth-order valence-corrected chi connectivity index (χ4v) is 3.96. The van der Waals surface area contributed by atoms with E-state index in [0.717, 1.165) is 12.3 Å². The Morgan fingerprint density at radius 1 is 1.09 bits per heavy atom. The predicted octanol–water partition coefficient (Wildman–Crippen LogP) is 2.98. The molecule has 23 heavy (non-hydrogen) atoms. The molecule has 2 aliphatic rings. The first-order valence-electron chi connectivity index (χ1n) is 8.98. The molecule has 4 nitrogen and oxygen atoms in total. The lowest BCUT2D eigenvalue weighted by molar-refractivity contribution is -0.122. The molecule has 1 aliphatic carbocycles. The molecule has 1 amide bonds. The summed E-state index contributed by atoms with van der Waals surface area (Å²) in [5.74, 6) is 0.927. The van der Waals surface area contributed by atoms with Crippen molar-refractivity contribution in [3.63, 3.8) is 0 Å². The molecule has 2 fully saturated rings. The number of hydrogen-bond acceptors (Lipinski definition) is 3. The summed E-state index contributed by atoms with van der Waals surface area (Å²) in [5, 5.41) is 3.17. The van der Waals surface area contributed by atoms with E-state index in [4.69, 9.17) is 4.74 Å². The maximum Gasteiger partial charge on any atom is 0.223 e. The lowest BCUT2D eigenvalue weighted by Gasteiger charge is -2.39. The molecule has 1 aromatic carbocycles. The van der Waals surface area contributed by atoms with Crippen LogP contribution in [0.5, 0.6) is 5.75 Å². The maximum atomic E-state index is 12.1. The van der Waals surface area contributed by atoms with Crippen LogP contribution in [0.3, 0.4) is 0 Å². The van der Waals surface area contributed by atoms with Gasteiger partial charge in [-0.3, -0.25) is 9.69 Å². The third-order valence-electron chi connectivity index (χ3n) is 5.27. The van der Waals surface area contributed by atoms with Crippen LogP contribution in [0.25, 0.3) is 0 Å². The summed E-state index contributed by atoms with van der Waals surface area (Å²) in [7, 11) is 0. The molecular formula is C19H28N2O2. The van der Waals surface area contributed by atoms with Gasteiger partial charge in [-0.1, -0.05) is 31.0 Å². The fraction of sp³-hybridized carbons (Fsp3) is 0.632. The molecule has 4 heteroatoms. The smallest absolute Gasteiger partial charge is 0.223 e. The van der Waals surface area contributed by atoms with Crippen molar-refractivity contribution >= 4 is 5.91 Å². The predicted molar refractivity (Wildman–Crippen MR) is 91.6 cm³/mol. The van der Waals surface area contributed by atoms with E-state index in [1.165, 1.54) is 51.6 Å². The van der Waals surface area contributed by atoms with Gasteiger partial charge in [-0.15, -0.1) is 0 Å². The lowest BCUT2D eigenvalue weighted by atomic mass is 9.95. The van der Waals surface area contributed by atoms with Crippen molar-refractivity contribution in [2.75, 3.05) is 26.2 Å². The molecule has 1 N–H and O–H groups in total. The van der Waals surface area contributed by atoms with Gasteiger partial charge in [0.1, 0.15) is 5.75 Å². The molecule has 0 radical (unpaired) electrons. The zero-order valence-corrected chi connectivity index (χ0v) is 13.9. The van der Waals surface area contributed by atoms with Gasteiger partial charge in [0, 0.05) is 12.1 Å².